The SMILES string of the molecule is CCNC(=O)C(C)(C)c1ccc(N)nc1. The van der Waals surface area contributed by atoms with Gasteiger partial charge in [0.2, 0.25) is 5.91 Å². The zero-order valence-electron chi connectivity index (χ0n) is 9.37. The number of carbonyl (C=O) groups is 1. The average Bonchev–Trinajstić information content (AvgIpc) is 2.18. The van der Waals surface area contributed by atoms with Crippen LogP contribution >= 0.6 is 0 Å². The molecule has 4 heteroatoms. The Kier molecular flexibility index (Phi) is 3.29. The molecule has 0 aliphatic heterocycles. The Labute approximate surface area is 89.9 Å². The molecule has 3 N–H and O–H groups in total. The first-order valence-electron chi connectivity index (χ1n) is 4.98. The maximum Gasteiger partial charge on any atom is 0.230 e. The van der Waals surface area contributed by atoms with Crippen molar-refractivity contribution >= 4 is 11.7 Å². The monoisotopic (exact) mass is 207 g/mol. The van der Waals surface area contributed by atoms with Crippen molar-refractivity contribution < 1.29 is 4.79 Å². The second-order valence-corrected chi connectivity index (χ2v) is 3.96. The van der Waals surface area contributed by atoms with Crippen LogP contribution in [0.5, 0.6) is 0 Å². The second kappa shape index (κ2) is 4.29. The Morgan fingerprint density at radius 1 is 1.53 bits per heavy atom. The maximum absolute atomic E-state index is 11.8. The molecule has 0 spiro atoms. The van der Waals surface area contributed by atoms with Gasteiger partial charge < -0.3 is 11.1 Å². The highest BCUT2D eigenvalue weighted by atomic mass is 16.2. The second-order valence-electron chi connectivity index (χ2n) is 3.96. The van der Waals surface area contributed by atoms with E-state index in [1.165, 1.54) is 0 Å². The predicted molar refractivity (Wildman–Crippen MR) is 60.4 cm³/mol. The lowest BCUT2D eigenvalue weighted by Crippen LogP contribution is -2.39. The first-order valence-corrected chi connectivity index (χ1v) is 4.98. The fourth-order valence-corrected chi connectivity index (χ4v) is 1.29. The summed E-state index contributed by atoms with van der Waals surface area (Å²) in [6.07, 6.45) is 1.64. The Bertz CT molecular complexity index is 343. The first kappa shape index (κ1) is 11.5. The van der Waals surface area contributed by atoms with E-state index in [0.29, 0.717) is 12.4 Å². The summed E-state index contributed by atoms with van der Waals surface area (Å²) in [6, 6.07) is 3.54. The van der Waals surface area contributed by atoms with Crippen LogP contribution in [-0.4, -0.2) is 17.4 Å². The number of nitrogens with two attached hydrogens (primary N) is 1. The number of anilines is 1. The number of rotatable bonds is 3. The number of hydrogen-bond acceptors (Lipinski definition) is 3. The normalized spacial score (nSPS) is 11.1. The summed E-state index contributed by atoms with van der Waals surface area (Å²) in [7, 11) is 0. The molecule has 0 saturated carbocycles. The van der Waals surface area contributed by atoms with E-state index >= 15 is 0 Å². The molecule has 0 saturated heterocycles. The van der Waals surface area contributed by atoms with Crippen LogP contribution in [0.1, 0.15) is 26.3 Å². The van der Waals surface area contributed by atoms with Gasteiger partial charge in [-0.25, -0.2) is 4.98 Å². The lowest BCUT2D eigenvalue weighted by Gasteiger charge is -2.23. The number of aromatic nitrogens is 1. The molecular weight excluding hydrogens is 190 g/mol. The van der Waals surface area contributed by atoms with Gasteiger partial charge in [0.1, 0.15) is 5.82 Å². The molecule has 82 valence electrons. The van der Waals surface area contributed by atoms with E-state index in [1.807, 2.05) is 26.8 Å². The third kappa shape index (κ3) is 2.46. The van der Waals surface area contributed by atoms with Crippen molar-refractivity contribution in [3.8, 4) is 0 Å². The summed E-state index contributed by atoms with van der Waals surface area (Å²) < 4.78 is 0. The zero-order chi connectivity index (χ0) is 11.5. The van der Waals surface area contributed by atoms with Gasteiger partial charge in [0.15, 0.2) is 0 Å². The van der Waals surface area contributed by atoms with Crippen molar-refractivity contribution in [1.82, 2.24) is 10.3 Å². The average molecular weight is 207 g/mol. The van der Waals surface area contributed by atoms with E-state index in [2.05, 4.69) is 10.3 Å². The first-order chi connectivity index (χ1) is 6.98. The lowest BCUT2D eigenvalue weighted by atomic mass is 9.85. The highest BCUT2D eigenvalue weighted by Gasteiger charge is 2.29. The highest BCUT2D eigenvalue weighted by molar-refractivity contribution is 5.87. The molecular formula is C11H17N3O. The van der Waals surface area contributed by atoms with Gasteiger partial charge in [-0.15, -0.1) is 0 Å². The van der Waals surface area contributed by atoms with Gasteiger partial charge in [-0.2, -0.15) is 0 Å². The van der Waals surface area contributed by atoms with Gasteiger partial charge in [-0.1, -0.05) is 6.07 Å². The van der Waals surface area contributed by atoms with E-state index in [9.17, 15) is 4.79 Å². The third-order valence-corrected chi connectivity index (χ3v) is 2.41. The third-order valence-electron chi connectivity index (χ3n) is 2.41. The van der Waals surface area contributed by atoms with Crippen LogP contribution in [0.4, 0.5) is 5.82 Å². The minimum atomic E-state index is -0.573. The molecule has 1 rings (SSSR count). The zero-order valence-corrected chi connectivity index (χ0v) is 9.37. The molecule has 0 atom stereocenters. The number of hydrogen-bond donors (Lipinski definition) is 2. The minimum absolute atomic E-state index is 0.00317. The van der Waals surface area contributed by atoms with Gasteiger partial charge in [0.05, 0.1) is 5.41 Å². The van der Waals surface area contributed by atoms with Crippen molar-refractivity contribution in [3.05, 3.63) is 23.9 Å². The molecule has 0 aliphatic carbocycles. The van der Waals surface area contributed by atoms with Crippen LogP contribution in [0.15, 0.2) is 18.3 Å². The number of nitrogens with zero attached hydrogens (tertiary/aromatic N) is 1. The van der Waals surface area contributed by atoms with E-state index in [-0.39, 0.29) is 5.91 Å². The fraction of sp³-hybridized carbons (Fsp3) is 0.455. The molecule has 1 aromatic heterocycles. The minimum Gasteiger partial charge on any atom is -0.384 e. The van der Waals surface area contributed by atoms with Gasteiger partial charge in [-0.3, -0.25) is 4.79 Å². The number of likely N-dealkylation sites (N-methyl/N-ethyl adjacent to an activating group) is 1. The van der Waals surface area contributed by atoms with E-state index in [4.69, 9.17) is 5.73 Å². The fourth-order valence-electron chi connectivity index (χ4n) is 1.29. The highest BCUT2D eigenvalue weighted by Crippen LogP contribution is 2.22. The molecule has 0 aromatic carbocycles. The summed E-state index contributed by atoms with van der Waals surface area (Å²) in [5.41, 5.74) is 5.78. The number of amides is 1. The number of nitrogens with one attached hydrogen (secondary N) is 1. The summed E-state index contributed by atoms with van der Waals surface area (Å²) >= 11 is 0. The maximum atomic E-state index is 11.8. The molecule has 15 heavy (non-hydrogen) atoms. The van der Waals surface area contributed by atoms with Crippen LogP contribution in [0.2, 0.25) is 0 Å². The molecule has 4 nitrogen and oxygen atoms in total. The molecule has 0 radical (unpaired) electrons. The molecule has 1 aromatic rings. The van der Waals surface area contributed by atoms with Gasteiger partial charge in [0, 0.05) is 12.7 Å². The van der Waals surface area contributed by atoms with Crippen LogP contribution in [0.3, 0.4) is 0 Å². The van der Waals surface area contributed by atoms with Gasteiger partial charge in [0.25, 0.3) is 0 Å². The van der Waals surface area contributed by atoms with Crippen molar-refractivity contribution in [2.75, 3.05) is 12.3 Å². The van der Waals surface area contributed by atoms with E-state index in [0.717, 1.165) is 5.56 Å². The summed E-state index contributed by atoms with van der Waals surface area (Å²) in [6.45, 7) is 6.26. The lowest BCUT2D eigenvalue weighted by molar-refractivity contribution is -0.125. The van der Waals surface area contributed by atoms with Crippen LogP contribution in [0.25, 0.3) is 0 Å². The quantitative estimate of drug-likeness (QED) is 0.779. The van der Waals surface area contributed by atoms with Gasteiger partial charge >= 0.3 is 0 Å². The van der Waals surface area contributed by atoms with Crippen LogP contribution in [-0.2, 0) is 10.2 Å². The number of pyridine rings is 1. The van der Waals surface area contributed by atoms with Crippen molar-refractivity contribution in [2.45, 2.75) is 26.2 Å². The van der Waals surface area contributed by atoms with E-state index < -0.39 is 5.41 Å². The Morgan fingerprint density at radius 2 is 2.20 bits per heavy atom. The Morgan fingerprint density at radius 3 is 2.67 bits per heavy atom. The number of nitrogen functional groups attached to an aromatic ring is 1. The Hall–Kier alpha value is -1.58. The molecule has 0 unspecified atom stereocenters. The smallest absolute Gasteiger partial charge is 0.230 e. The molecule has 1 heterocycles. The Balaban J connectivity index is 2.94. The molecule has 0 bridgehead atoms. The standard InChI is InChI=1S/C11H17N3O/c1-4-13-10(15)11(2,3)8-5-6-9(12)14-7-8/h5-7H,4H2,1-3H3,(H2,12,14)(H,13,15). The van der Waals surface area contributed by atoms with Gasteiger partial charge in [-0.05, 0) is 32.4 Å². The summed E-state index contributed by atoms with van der Waals surface area (Å²) in [4.78, 5) is 15.8. The van der Waals surface area contributed by atoms with Crippen molar-refractivity contribution in [2.24, 2.45) is 0 Å². The predicted octanol–water partition coefficient (Wildman–Crippen LogP) is 1.08. The molecule has 1 amide bonds. The van der Waals surface area contributed by atoms with E-state index in [1.54, 1.807) is 12.3 Å². The molecule has 0 fully saturated rings. The largest absolute Gasteiger partial charge is 0.384 e. The van der Waals surface area contributed by atoms with Crippen LogP contribution in [0, 0.1) is 0 Å². The molecule has 0 aliphatic rings. The van der Waals surface area contributed by atoms with Crippen molar-refractivity contribution in [3.63, 3.8) is 0 Å². The topological polar surface area (TPSA) is 68.0 Å². The number of carbonyl (C=O) groups excluding carboxylic acids is 1. The summed E-state index contributed by atoms with van der Waals surface area (Å²) in [5, 5.41) is 2.80. The summed E-state index contributed by atoms with van der Waals surface area (Å²) in [5.74, 6) is 0.460. The van der Waals surface area contributed by atoms with Crippen LogP contribution < -0.4 is 11.1 Å². The van der Waals surface area contributed by atoms with Crippen molar-refractivity contribution in [1.29, 1.82) is 0 Å².